The van der Waals surface area contributed by atoms with E-state index in [9.17, 15) is 0 Å². The molecule has 3 nitrogen and oxygen atoms in total. The average Bonchev–Trinajstić information content (AvgIpc) is 3.02. The van der Waals surface area contributed by atoms with E-state index in [1.54, 1.807) is 12.5 Å². The van der Waals surface area contributed by atoms with Gasteiger partial charge >= 0.3 is 0 Å². The molecule has 1 aromatic carbocycles. The Bertz CT molecular complexity index is 501. The molecule has 0 aliphatic carbocycles. The molecule has 1 fully saturated rings. The van der Waals surface area contributed by atoms with Gasteiger partial charge in [-0.1, -0.05) is 11.6 Å². The van der Waals surface area contributed by atoms with Gasteiger partial charge in [-0.3, -0.25) is 0 Å². The zero-order valence-electron chi connectivity index (χ0n) is 9.51. The van der Waals surface area contributed by atoms with Crippen molar-refractivity contribution < 1.29 is 0 Å². The lowest BCUT2D eigenvalue weighted by molar-refractivity contribution is 0.949. The molecule has 2 heterocycles. The summed E-state index contributed by atoms with van der Waals surface area (Å²) in [6.07, 6.45) is 7.97. The maximum Gasteiger partial charge on any atom is 0.0992 e. The number of rotatable bonds is 2. The van der Waals surface area contributed by atoms with E-state index >= 15 is 0 Å². The maximum atomic E-state index is 6.32. The second-order valence-corrected chi connectivity index (χ2v) is 4.71. The summed E-state index contributed by atoms with van der Waals surface area (Å²) >= 11 is 6.32. The van der Waals surface area contributed by atoms with Crippen LogP contribution >= 0.6 is 11.6 Å². The van der Waals surface area contributed by atoms with Crippen molar-refractivity contribution in [1.29, 1.82) is 0 Å². The van der Waals surface area contributed by atoms with Crippen LogP contribution in [0.15, 0.2) is 36.9 Å². The number of benzene rings is 1. The number of hydrogen-bond donors (Lipinski definition) is 0. The molecule has 0 saturated carbocycles. The van der Waals surface area contributed by atoms with Crippen LogP contribution < -0.4 is 4.90 Å². The Kier molecular flexibility index (Phi) is 2.77. The lowest BCUT2D eigenvalue weighted by Crippen LogP contribution is -2.17. The van der Waals surface area contributed by atoms with E-state index in [-0.39, 0.29) is 0 Å². The molecular weight excluding hydrogens is 234 g/mol. The Hall–Kier alpha value is -1.48. The van der Waals surface area contributed by atoms with Gasteiger partial charge in [0.25, 0.3) is 0 Å². The molecule has 1 aliphatic rings. The van der Waals surface area contributed by atoms with E-state index in [0.29, 0.717) is 0 Å². The lowest BCUT2D eigenvalue weighted by Gasteiger charge is -2.18. The van der Waals surface area contributed by atoms with Crippen LogP contribution in [0.1, 0.15) is 12.8 Å². The summed E-state index contributed by atoms with van der Waals surface area (Å²) in [5, 5.41) is 0.771. The van der Waals surface area contributed by atoms with Crippen LogP contribution in [0.25, 0.3) is 5.69 Å². The summed E-state index contributed by atoms with van der Waals surface area (Å²) in [6, 6.07) is 6.23. The van der Waals surface area contributed by atoms with Crippen molar-refractivity contribution in [3.05, 3.63) is 41.9 Å². The predicted octanol–water partition coefficient (Wildman–Crippen LogP) is 3.13. The minimum Gasteiger partial charge on any atom is -0.371 e. The molecule has 0 unspecified atom stereocenters. The summed E-state index contributed by atoms with van der Waals surface area (Å²) in [6.45, 7) is 2.28. The van der Waals surface area contributed by atoms with Crippen LogP contribution in [0.5, 0.6) is 0 Å². The van der Waals surface area contributed by atoms with Gasteiger partial charge in [-0.05, 0) is 31.0 Å². The highest BCUT2D eigenvalue weighted by atomic mass is 35.5. The molecule has 88 valence electrons. The van der Waals surface area contributed by atoms with Gasteiger partial charge in [0.2, 0.25) is 0 Å². The van der Waals surface area contributed by atoms with E-state index in [1.807, 2.05) is 16.8 Å². The molecule has 3 rings (SSSR count). The second-order valence-electron chi connectivity index (χ2n) is 4.30. The van der Waals surface area contributed by atoms with Gasteiger partial charge in [-0.2, -0.15) is 0 Å². The minimum atomic E-state index is 0.771. The normalized spacial score (nSPS) is 15.5. The van der Waals surface area contributed by atoms with Gasteiger partial charge in [0.05, 0.1) is 17.0 Å². The average molecular weight is 248 g/mol. The number of aromatic nitrogens is 2. The van der Waals surface area contributed by atoms with Crippen LogP contribution in [0, 0.1) is 0 Å². The molecule has 0 N–H and O–H groups in total. The predicted molar refractivity (Wildman–Crippen MR) is 70.0 cm³/mol. The topological polar surface area (TPSA) is 21.1 Å². The van der Waals surface area contributed by atoms with Gasteiger partial charge in [0, 0.05) is 31.2 Å². The zero-order valence-corrected chi connectivity index (χ0v) is 10.3. The molecule has 2 aromatic rings. The Morgan fingerprint density at radius 2 is 2.00 bits per heavy atom. The maximum absolute atomic E-state index is 6.32. The van der Waals surface area contributed by atoms with Gasteiger partial charge in [0.15, 0.2) is 0 Å². The van der Waals surface area contributed by atoms with Crippen molar-refractivity contribution in [3.63, 3.8) is 0 Å². The Morgan fingerprint density at radius 1 is 1.18 bits per heavy atom. The summed E-state index contributed by atoms with van der Waals surface area (Å²) < 4.78 is 1.93. The highest BCUT2D eigenvalue weighted by molar-refractivity contribution is 6.32. The van der Waals surface area contributed by atoms with Gasteiger partial charge < -0.3 is 9.47 Å². The largest absolute Gasteiger partial charge is 0.371 e. The number of halogens is 1. The molecule has 17 heavy (non-hydrogen) atoms. The van der Waals surface area contributed by atoms with Crippen molar-refractivity contribution >= 4 is 17.3 Å². The first-order valence-corrected chi connectivity index (χ1v) is 6.25. The third kappa shape index (κ3) is 2.03. The SMILES string of the molecule is Clc1cc(N2CCCC2)ccc1-n1ccnc1. The zero-order chi connectivity index (χ0) is 11.7. The number of imidazole rings is 1. The third-order valence-corrected chi connectivity index (χ3v) is 3.49. The van der Waals surface area contributed by atoms with Crippen molar-refractivity contribution in [3.8, 4) is 5.69 Å². The number of hydrogen-bond acceptors (Lipinski definition) is 2. The molecular formula is C13H14ClN3. The van der Waals surface area contributed by atoms with E-state index in [1.165, 1.54) is 18.5 Å². The van der Waals surface area contributed by atoms with Crippen LogP contribution in [0.4, 0.5) is 5.69 Å². The molecule has 1 aliphatic heterocycles. The second kappa shape index (κ2) is 4.41. The van der Waals surface area contributed by atoms with E-state index < -0.39 is 0 Å². The van der Waals surface area contributed by atoms with Crippen LogP contribution in [0.2, 0.25) is 5.02 Å². The quantitative estimate of drug-likeness (QED) is 0.813. The highest BCUT2D eigenvalue weighted by Crippen LogP contribution is 2.28. The van der Waals surface area contributed by atoms with Gasteiger partial charge in [-0.25, -0.2) is 4.98 Å². The van der Waals surface area contributed by atoms with E-state index in [4.69, 9.17) is 11.6 Å². The van der Waals surface area contributed by atoms with Gasteiger partial charge in [-0.15, -0.1) is 0 Å². The molecule has 0 bridgehead atoms. The monoisotopic (exact) mass is 247 g/mol. The summed E-state index contributed by atoms with van der Waals surface area (Å²) in [5.74, 6) is 0. The first-order chi connectivity index (χ1) is 8.34. The van der Waals surface area contributed by atoms with Crippen molar-refractivity contribution in [2.75, 3.05) is 18.0 Å². The minimum absolute atomic E-state index is 0.771. The first kappa shape index (κ1) is 10.7. The highest BCUT2D eigenvalue weighted by Gasteiger charge is 2.13. The number of anilines is 1. The fourth-order valence-corrected chi connectivity index (χ4v) is 2.55. The molecule has 1 saturated heterocycles. The molecule has 0 amide bonds. The van der Waals surface area contributed by atoms with Crippen molar-refractivity contribution in [2.24, 2.45) is 0 Å². The van der Waals surface area contributed by atoms with Crippen LogP contribution in [-0.2, 0) is 0 Å². The van der Waals surface area contributed by atoms with Crippen molar-refractivity contribution in [2.45, 2.75) is 12.8 Å². The Morgan fingerprint density at radius 3 is 2.65 bits per heavy atom. The van der Waals surface area contributed by atoms with Crippen molar-refractivity contribution in [1.82, 2.24) is 9.55 Å². The number of nitrogens with zero attached hydrogens (tertiary/aromatic N) is 3. The van der Waals surface area contributed by atoms with E-state index in [0.717, 1.165) is 23.8 Å². The Labute approximate surface area is 106 Å². The molecule has 0 radical (unpaired) electrons. The Balaban J connectivity index is 1.94. The third-order valence-electron chi connectivity index (χ3n) is 3.19. The molecule has 4 heteroatoms. The summed E-state index contributed by atoms with van der Waals surface area (Å²) in [5.41, 5.74) is 2.20. The van der Waals surface area contributed by atoms with Crippen LogP contribution in [0.3, 0.4) is 0 Å². The standard InChI is InChI=1S/C13H14ClN3/c14-12-9-11(16-6-1-2-7-16)3-4-13(12)17-8-5-15-10-17/h3-5,8-10H,1-2,6-7H2. The van der Waals surface area contributed by atoms with Gasteiger partial charge in [0.1, 0.15) is 0 Å². The fraction of sp³-hybridized carbons (Fsp3) is 0.308. The first-order valence-electron chi connectivity index (χ1n) is 5.87. The summed E-state index contributed by atoms with van der Waals surface area (Å²) in [7, 11) is 0. The molecule has 0 spiro atoms. The fourth-order valence-electron chi connectivity index (χ4n) is 2.28. The summed E-state index contributed by atoms with van der Waals surface area (Å²) in [4.78, 5) is 6.41. The van der Waals surface area contributed by atoms with E-state index in [2.05, 4.69) is 22.0 Å². The smallest absolute Gasteiger partial charge is 0.0992 e. The van der Waals surface area contributed by atoms with Crippen LogP contribution in [-0.4, -0.2) is 22.6 Å². The lowest BCUT2D eigenvalue weighted by atomic mass is 10.2. The molecule has 1 aromatic heterocycles. The molecule has 0 atom stereocenters.